The minimum Gasteiger partial charge on any atom is -0.459 e. The van der Waals surface area contributed by atoms with E-state index in [2.05, 4.69) is 6.92 Å². The van der Waals surface area contributed by atoms with E-state index in [9.17, 15) is 14.0 Å². The quantitative estimate of drug-likeness (QED) is 0.485. The van der Waals surface area contributed by atoms with Gasteiger partial charge in [0.05, 0.1) is 17.6 Å². The second-order valence-electron chi connectivity index (χ2n) is 8.86. The fourth-order valence-corrected chi connectivity index (χ4v) is 3.59. The van der Waals surface area contributed by atoms with Gasteiger partial charge < -0.3 is 14.2 Å². The van der Waals surface area contributed by atoms with Gasteiger partial charge in [-0.05, 0) is 63.1 Å². The van der Waals surface area contributed by atoms with Gasteiger partial charge in [-0.2, -0.15) is 0 Å². The number of anilines is 1. The molecule has 0 radical (unpaired) electrons. The summed E-state index contributed by atoms with van der Waals surface area (Å²) >= 11 is 0. The van der Waals surface area contributed by atoms with Crippen LogP contribution >= 0.6 is 0 Å². The van der Waals surface area contributed by atoms with Crippen LogP contribution in [0.2, 0.25) is 0 Å². The molecule has 0 aliphatic carbocycles. The molecule has 0 N–H and O–H groups in total. The number of halogens is 1. The second-order valence-corrected chi connectivity index (χ2v) is 8.86. The van der Waals surface area contributed by atoms with Gasteiger partial charge in [-0.3, -0.25) is 9.59 Å². The van der Waals surface area contributed by atoms with Gasteiger partial charge in [0, 0.05) is 19.0 Å². The highest BCUT2D eigenvalue weighted by Gasteiger charge is 2.21. The maximum Gasteiger partial charge on any atom is 0.326 e. The van der Waals surface area contributed by atoms with Crippen LogP contribution in [0.5, 0.6) is 0 Å². The van der Waals surface area contributed by atoms with E-state index in [1.54, 1.807) is 17.0 Å². The fraction of sp³-hybridized carbons (Fsp3) is 0.400. The van der Waals surface area contributed by atoms with Gasteiger partial charge in [-0.25, -0.2) is 9.37 Å². The predicted molar refractivity (Wildman–Crippen MR) is 123 cm³/mol. The predicted octanol–water partition coefficient (Wildman–Crippen LogP) is 5.02. The Bertz CT molecular complexity index is 1110. The van der Waals surface area contributed by atoms with Crippen LogP contribution in [0.25, 0.3) is 11.0 Å². The molecular formula is C25H30FN3O3. The van der Waals surface area contributed by atoms with E-state index in [0.29, 0.717) is 17.7 Å². The standard InChI is InChI=1S/C25H30FN3O3/c1-6-7-23-27-21-14-20(28(17(2)30)15-18-8-10-19(26)11-9-18)12-13-22(21)29(23)16-24(31)32-25(3,4)5/h8-14H,6-7,15-16H2,1-5H3. The van der Waals surface area contributed by atoms with E-state index in [-0.39, 0.29) is 24.2 Å². The molecule has 0 unspecified atom stereocenters. The Morgan fingerprint density at radius 2 is 1.81 bits per heavy atom. The van der Waals surface area contributed by atoms with Crippen LogP contribution in [0.4, 0.5) is 10.1 Å². The van der Waals surface area contributed by atoms with Crippen molar-refractivity contribution in [2.75, 3.05) is 4.90 Å². The summed E-state index contributed by atoms with van der Waals surface area (Å²) < 4.78 is 20.6. The first-order valence-corrected chi connectivity index (χ1v) is 10.8. The smallest absolute Gasteiger partial charge is 0.326 e. The number of carbonyl (C=O) groups is 2. The molecule has 6 nitrogen and oxygen atoms in total. The lowest BCUT2D eigenvalue weighted by atomic mass is 10.2. The van der Waals surface area contributed by atoms with Crippen LogP contribution in [-0.2, 0) is 33.8 Å². The van der Waals surface area contributed by atoms with E-state index in [1.165, 1.54) is 19.1 Å². The van der Waals surface area contributed by atoms with Crippen molar-refractivity contribution in [2.45, 2.75) is 66.2 Å². The van der Waals surface area contributed by atoms with E-state index in [1.807, 2.05) is 43.5 Å². The maximum atomic E-state index is 13.2. The largest absolute Gasteiger partial charge is 0.459 e. The van der Waals surface area contributed by atoms with Gasteiger partial charge in [0.2, 0.25) is 5.91 Å². The third kappa shape index (κ3) is 5.72. The van der Waals surface area contributed by atoms with Crippen LogP contribution in [0.3, 0.4) is 0 Å². The minimum atomic E-state index is -0.562. The molecule has 7 heteroatoms. The van der Waals surface area contributed by atoms with Crippen LogP contribution in [0, 0.1) is 5.82 Å². The number of aromatic nitrogens is 2. The van der Waals surface area contributed by atoms with Crippen molar-refractivity contribution < 1.29 is 18.7 Å². The molecule has 0 spiro atoms. The third-order valence-corrected chi connectivity index (χ3v) is 4.94. The highest BCUT2D eigenvalue weighted by molar-refractivity contribution is 5.94. The Hall–Kier alpha value is -3.22. The zero-order valence-corrected chi connectivity index (χ0v) is 19.3. The number of rotatable bonds is 7. The van der Waals surface area contributed by atoms with Gasteiger partial charge in [0.1, 0.15) is 23.8 Å². The van der Waals surface area contributed by atoms with E-state index < -0.39 is 5.60 Å². The average Bonchev–Trinajstić information content (AvgIpc) is 3.02. The molecule has 0 bridgehead atoms. The molecular weight excluding hydrogens is 409 g/mol. The Labute approximate surface area is 188 Å². The van der Waals surface area contributed by atoms with Gasteiger partial charge in [-0.1, -0.05) is 19.1 Å². The molecule has 3 rings (SSSR count). The molecule has 2 aromatic carbocycles. The lowest BCUT2D eigenvalue weighted by Gasteiger charge is -2.22. The number of nitrogens with zero attached hydrogens (tertiary/aromatic N) is 3. The summed E-state index contributed by atoms with van der Waals surface area (Å²) in [5.74, 6) is 0.0393. The summed E-state index contributed by atoms with van der Waals surface area (Å²) in [7, 11) is 0. The van der Waals surface area contributed by atoms with Crippen LogP contribution in [0.15, 0.2) is 42.5 Å². The number of ether oxygens (including phenoxy) is 1. The Kier molecular flexibility index (Phi) is 6.96. The Morgan fingerprint density at radius 3 is 2.41 bits per heavy atom. The molecule has 0 fully saturated rings. The molecule has 0 aliphatic heterocycles. The second kappa shape index (κ2) is 9.51. The fourth-order valence-electron chi connectivity index (χ4n) is 3.59. The molecule has 1 heterocycles. The van der Waals surface area contributed by atoms with E-state index >= 15 is 0 Å². The van der Waals surface area contributed by atoms with E-state index in [0.717, 1.165) is 29.7 Å². The van der Waals surface area contributed by atoms with Crippen molar-refractivity contribution in [3.8, 4) is 0 Å². The number of amides is 1. The molecule has 1 amide bonds. The van der Waals surface area contributed by atoms with Gasteiger partial charge in [0.15, 0.2) is 0 Å². The summed E-state index contributed by atoms with van der Waals surface area (Å²) in [6.45, 7) is 9.48. The Balaban J connectivity index is 1.95. The number of benzene rings is 2. The number of carbonyl (C=O) groups excluding carboxylic acids is 2. The maximum absolute atomic E-state index is 13.2. The van der Waals surface area contributed by atoms with Gasteiger partial charge >= 0.3 is 5.97 Å². The number of aryl methyl sites for hydroxylation is 1. The van der Waals surface area contributed by atoms with Crippen molar-refractivity contribution in [2.24, 2.45) is 0 Å². The summed E-state index contributed by atoms with van der Waals surface area (Å²) in [5.41, 5.74) is 2.48. The Morgan fingerprint density at radius 1 is 1.12 bits per heavy atom. The first kappa shape index (κ1) is 23.4. The molecule has 3 aromatic rings. The van der Waals surface area contributed by atoms with Crippen molar-refractivity contribution in [3.05, 3.63) is 59.7 Å². The minimum absolute atomic E-state index is 0.0778. The summed E-state index contributed by atoms with van der Waals surface area (Å²) in [6, 6.07) is 11.7. The first-order chi connectivity index (χ1) is 15.1. The van der Waals surface area contributed by atoms with Gasteiger partial charge in [0.25, 0.3) is 0 Å². The number of hydrogen-bond acceptors (Lipinski definition) is 4. The van der Waals surface area contributed by atoms with Crippen molar-refractivity contribution in [1.82, 2.24) is 9.55 Å². The number of esters is 1. The van der Waals surface area contributed by atoms with E-state index in [4.69, 9.17) is 9.72 Å². The monoisotopic (exact) mass is 439 g/mol. The molecule has 170 valence electrons. The SMILES string of the molecule is CCCc1nc2cc(N(Cc3ccc(F)cc3)C(C)=O)ccc2n1CC(=O)OC(C)(C)C. The molecule has 0 atom stereocenters. The average molecular weight is 440 g/mol. The van der Waals surface area contributed by atoms with Crippen LogP contribution < -0.4 is 4.90 Å². The lowest BCUT2D eigenvalue weighted by molar-refractivity contribution is -0.155. The number of hydrogen-bond donors (Lipinski definition) is 0. The molecule has 0 saturated carbocycles. The van der Waals surface area contributed by atoms with Gasteiger partial charge in [-0.15, -0.1) is 0 Å². The van der Waals surface area contributed by atoms with Crippen molar-refractivity contribution >= 4 is 28.6 Å². The summed E-state index contributed by atoms with van der Waals surface area (Å²) in [4.78, 5) is 31.2. The topological polar surface area (TPSA) is 64.4 Å². The zero-order chi connectivity index (χ0) is 23.5. The highest BCUT2D eigenvalue weighted by atomic mass is 19.1. The number of fused-ring (bicyclic) bond motifs is 1. The summed E-state index contributed by atoms with van der Waals surface area (Å²) in [6.07, 6.45) is 1.60. The number of imidazole rings is 1. The molecule has 1 aromatic heterocycles. The van der Waals surface area contributed by atoms with Crippen molar-refractivity contribution in [1.29, 1.82) is 0 Å². The zero-order valence-electron chi connectivity index (χ0n) is 19.3. The molecule has 32 heavy (non-hydrogen) atoms. The lowest BCUT2D eigenvalue weighted by Crippen LogP contribution is -2.27. The highest BCUT2D eigenvalue weighted by Crippen LogP contribution is 2.26. The van der Waals surface area contributed by atoms with Crippen LogP contribution in [0.1, 0.15) is 52.4 Å². The van der Waals surface area contributed by atoms with Crippen molar-refractivity contribution in [3.63, 3.8) is 0 Å². The first-order valence-electron chi connectivity index (χ1n) is 10.8. The van der Waals surface area contributed by atoms with Crippen LogP contribution in [-0.4, -0.2) is 27.0 Å². The molecule has 0 saturated heterocycles. The third-order valence-electron chi connectivity index (χ3n) is 4.94. The molecule has 0 aliphatic rings. The normalized spacial score (nSPS) is 11.6. The summed E-state index contributed by atoms with van der Waals surface area (Å²) in [5, 5.41) is 0.